The van der Waals surface area contributed by atoms with Crippen molar-refractivity contribution in [2.45, 2.75) is 13.3 Å². The predicted molar refractivity (Wildman–Crippen MR) is 64.5 cm³/mol. The Kier molecular flexibility index (Phi) is 3.42. The highest BCUT2D eigenvalue weighted by Gasteiger charge is 2.27. The van der Waals surface area contributed by atoms with Crippen molar-refractivity contribution in [3.05, 3.63) is 35.8 Å². The molecule has 0 radical (unpaired) electrons. The van der Waals surface area contributed by atoms with Crippen LogP contribution in [0, 0.1) is 5.92 Å². The summed E-state index contributed by atoms with van der Waals surface area (Å²) in [6.45, 7) is 2.63. The van der Waals surface area contributed by atoms with Crippen LogP contribution in [0.15, 0.2) is 40.8 Å². The van der Waals surface area contributed by atoms with Crippen LogP contribution in [-0.2, 0) is 14.3 Å². The van der Waals surface area contributed by atoms with Gasteiger partial charge in [0, 0.05) is 6.08 Å². The lowest BCUT2D eigenvalue weighted by Crippen LogP contribution is -2.24. The van der Waals surface area contributed by atoms with Crippen molar-refractivity contribution >= 4 is 11.6 Å². The number of dihydropyridines is 1. The third-order valence-electron chi connectivity index (χ3n) is 2.59. The largest absolute Gasteiger partial charge is 0.497 e. The van der Waals surface area contributed by atoms with E-state index in [2.05, 4.69) is 4.99 Å². The second-order valence-corrected chi connectivity index (χ2v) is 3.85. The van der Waals surface area contributed by atoms with E-state index in [-0.39, 0.29) is 11.8 Å². The lowest BCUT2D eigenvalue weighted by Gasteiger charge is -2.23. The molecule has 1 heterocycles. The number of aliphatic imine (C=N–C) groups is 1. The number of ether oxygens (including phenoxy) is 2. The maximum Gasteiger partial charge on any atom is 0.273 e. The summed E-state index contributed by atoms with van der Waals surface area (Å²) in [5, 5.41) is 0. The first kappa shape index (κ1) is 11.6. The minimum atomic E-state index is -0.263. The fourth-order valence-corrected chi connectivity index (χ4v) is 1.77. The van der Waals surface area contributed by atoms with E-state index in [1.807, 2.05) is 13.0 Å². The predicted octanol–water partition coefficient (Wildman–Crippen LogP) is 1.99. The highest BCUT2D eigenvalue weighted by molar-refractivity contribution is 6.11. The minimum absolute atomic E-state index is 0.0980. The monoisotopic (exact) mass is 233 g/mol. The van der Waals surface area contributed by atoms with Gasteiger partial charge in [-0.1, -0.05) is 6.92 Å². The smallest absolute Gasteiger partial charge is 0.273 e. The van der Waals surface area contributed by atoms with Crippen molar-refractivity contribution in [3.8, 4) is 0 Å². The van der Waals surface area contributed by atoms with Crippen molar-refractivity contribution < 1.29 is 14.3 Å². The number of rotatable bonds is 4. The molecule has 0 aromatic carbocycles. The van der Waals surface area contributed by atoms with Gasteiger partial charge in [0.1, 0.15) is 11.5 Å². The summed E-state index contributed by atoms with van der Waals surface area (Å²) in [5.41, 5.74) is 0.712. The molecule has 4 heteroatoms. The van der Waals surface area contributed by atoms with Gasteiger partial charge in [0.2, 0.25) is 0 Å². The molecule has 0 spiro atoms. The zero-order valence-electron chi connectivity index (χ0n) is 9.97. The molecule has 0 aromatic heterocycles. The number of carbonyl (C=O) groups excluding carboxylic acids is 1. The number of nitrogens with zero attached hydrogens (tertiary/aromatic N) is 1. The third-order valence-corrected chi connectivity index (χ3v) is 2.59. The maximum atomic E-state index is 11.4. The van der Waals surface area contributed by atoms with E-state index in [4.69, 9.17) is 9.47 Å². The van der Waals surface area contributed by atoms with Crippen molar-refractivity contribution in [2.24, 2.45) is 10.9 Å². The van der Waals surface area contributed by atoms with Crippen LogP contribution in [0.3, 0.4) is 0 Å². The van der Waals surface area contributed by atoms with Gasteiger partial charge in [0.05, 0.1) is 25.3 Å². The normalized spacial score (nSPS) is 22.4. The summed E-state index contributed by atoms with van der Waals surface area (Å²) < 4.78 is 10.8. The number of methoxy groups -OCH3 is 1. The highest BCUT2D eigenvalue weighted by Crippen LogP contribution is 2.26. The van der Waals surface area contributed by atoms with E-state index in [9.17, 15) is 4.79 Å². The molecule has 17 heavy (non-hydrogen) atoms. The average molecular weight is 233 g/mol. The number of carbonyl (C=O) groups is 1. The topological polar surface area (TPSA) is 47.9 Å². The van der Waals surface area contributed by atoms with Crippen LogP contribution < -0.4 is 0 Å². The van der Waals surface area contributed by atoms with Gasteiger partial charge in [-0.25, -0.2) is 4.99 Å². The van der Waals surface area contributed by atoms with Gasteiger partial charge < -0.3 is 9.47 Å². The molecule has 0 N–H and O–H groups in total. The Morgan fingerprint density at radius 1 is 1.41 bits per heavy atom. The highest BCUT2D eigenvalue weighted by atomic mass is 16.5. The summed E-state index contributed by atoms with van der Waals surface area (Å²) in [6.07, 6.45) is 7.86. The Morgan fingerprint density at radius 2 is 2.24 bits per heavy atom. The Hall–Kier alpha value is -1.84. The summed E-state index contributed by atoms with van der Waals surface area (Å²) in [6, 6.07) is 0. The summed E-state index contributed by atoms with van der Waals surface area (Å²) in [4.78, 5) is 15.4. The van der Waals surface area contributed by atoms with Crippen LogP contribution in [0.5, 0.6) is 0 Å². The van der Waals surface area contributed by atoms with Gasteiger partial charge in [-0.15, -0.1) is 0 Å². The molecule has 2 aliphatic rings. The van der Waals surface area contributed by atoms with Crippen LogP contribution in [0.4, 0.5) is 0 Å². The summed E-state index contributed by atoms with van der Waals surface area (Å²) in [5.74, 6) is 1.05. The third kappa shape index (κ3) is 2.46. The second-order valence-electron chi connectivity index (χ2n) is 3.85. The van der Waals surface area contributed by atoms with E-state index < -0.39 is 0 Å². The van der Waals surface area contributed by atoms with Crippen LogP contribution in [-0.4, -0.2) is 25.3 Å². The van der Waals surface area contributed by atoms with E-state index >= 15 is 0 Å². The molecule has 0 aromatic rings. The van der Waals surface area contributed by atoms with E-state index in [0.717, 1.165) is 12.2 Å². The average Bonchev–Trinajstić information content (AvgIpc) is 2.35. The van der Waals surface area contributed by atoms with Crippen LogP contribution >= 0.6 is 0 Å². The molecule has 1 unspecified atom stereocenters. The zero-order chi connectivity index (χ0) is 12.3. The molecule has 0 bridgehead atoms. The maximum absolute atomic E-state index is 11.4. The van der Waals surface area contributed by atoms with Crippen LogP contribution in [0.25, 0.3) is 0 Å². The number of allylic oxidation sites excluding steroid dienone is 3. The molecular weight excluding hydrogens is 218 g/mol. The number of hydrogen-bond acceptors (Lipinski definition) is 3. The Morgan fingerprint density at radius 3 is 2.94 bits per heavy atom. The quantitative estimate of drug-likeness (QED) is 0.746. The van der Waals surface area contributed by atoms with E-state index in [1.165, 1.54) is 6.08 Å². The fraction of sp³-hybridized carbons (Fsp3) is 0.385. The number of hydrogen-bond donors (Lipinski definition) is 0. The number of amides is 1. The lowest BCUT2D eigenvalue weighted by molar-refractivity contribution is -0.113. The molecule has 1 aliphatic carbocycles. The van der Waals surface area contributed by atoms with Gasteiger partial charge in [-0.2, -0.15) is 0 Å². The number of fused-ring (bicyclic) bond motifs is 1. The van der Waals surface area contributed by atoms with E-state index in [0.29, 0.717) is 18.1 Å². The van der Waals surface area contributed by atoms with Gasteiger partial charge in [0.15, 0.2) is 0 Å². The van der Waals surface area contributed by atoms with E-state index in [1.54, 1.807) is 19.3 Å². The standard InChI is InChI=1S/C13H15NO3/c1-3-6-17-12-8-13(15)14-11-5-4-9(16-2)7-10(11)12/h4-5,7-8,10H,3,6H2,1-2H3. The van der Waals surface area contributed by atoms with Crippen LogP contribution in [0.1, 0.15) is 13.3 Å². The molecule has 0 fully saturated rings. The summed E-state index contributed by atoms with van der Waals surface area (Å²) >= 11 is 0. The molecule has 1 amide bonds. The molecule has 0 saturated carbocycles. The first-order chi connectivity index (χ1) is 8.24. The molecule has 90 valence electrons. The SMILES string of the molecule is CCCOC1=CC(=O)N=C2C=CC(OC)=CC12. The summed E-state index contributed by atoms with van der Waals surface area (Å²) in [7, 11) is 1.61. The Bertz CT molecular complexity index is 444. The van der Waals surface area contributed by atoms with Gasteiger partial charge in [0.25, 0.3) is 5.91 Å². The van der Waals surface area contributed by atoms with Crippen molar-refractivity contribution in [1.29, 1.82) is 0 Å². The van der Waals surface area contributed by atoms with Gasteiger partial charge in [-0.3, -0.25) is 4.79 Å². The molecular formula is C13H15NO3. The molecule has 1 atom stereocenters. The van der Waals surface area contributed by atoms with Crippen molar-refractivity contribution in [3.63, 3.8) is 0 Å². The second kappa shape index (κ2) is 4.99. The Balaban J connectivity index is 2.24. The molecule has 0 saturated heterocycles. The van der Waals surface area contributed by atoms with Crippen LogP contribution in [0.2, 0.25) is 0 Å². The zero-order valence-corrected chi connectivity index (χ0v) is 9.97. The first-order valence-electron chi connectivity index (χ1n) is 5.65. The van der Waals surface area contributed by atoms with Crippen molar-refractivity contribution in [2.75, 3.05) is 13.7 Å². The molecule has 4 nitrogen and oxygen atoms in total. The minimum Gasteiger partial charge on any atom is -0.497 e. The molecule has 2 rings (SSSR count). The van der Waals surface area contributed by atoms with Gasteiger partial charge >= 0.3 is 0 Å². The lowest BCUT2D eigenvalue weighted by atomic mass is 9.93. The fourth-order valence-electron chi connectivity index (χ4n) is 1.77. The Labute approximate surface area is 100 Å². The molecule has 1 aliphatic heterocycles. The van der Waals surface area contributed by atoms with Crippen molar-refractivity contribution in [1.82, 2.24) is 0 Å². The first-order valence-corrected chi connectivity index (χ1v) is 5.65. The van der Waals surface area contributed by atoms with Gasteiger partial charge in [-0.05, 0) is 24.6 Å².